The number of benzene rings is 3. The van der Waals surface area contributed by atoms with Crippen molar-refractivity contribution in [3.05, 3.63) is 87.2 Å². The van der Waals surface area contributed by atoms with Gasteiger partial charge in [-0.1, -0.05) is 30.3 Å². The van der Waals surface area contributed by atoms with E-state index in [0.717, 1.165) is 0 Å². The van der Waals surface area contributed by atoms with Crippen LogP contribution in [0.2, 0.25) is 0 Å². The maximum Gasteiger partial charge on any atom is 0.344 e. The molecule has 0 fully saturated rings. The van der Waals surface area contributed by atoms with Crippen molar-refractivity contribution in [2.45, 2.75) is 18.7 Å². The van der Waals surface area contributed by atoms with E-state index in [9.17, 15) is 27.4 Å². The van der Waals surface area contributed by atoms with Crippen LogP contribution in [-0.4, -0.2) is 35.9 Å². The lowest BCUT2D eigenvalue weighted by Gasteiger charge is -2.25. The fraction of sp³-hybridized carbons (Fsp3) is 0.148. The van der Waals surface area contributed by atoms with Gasteiger partial charge in [0.15, 0.2) is 5.78 Å². The maximum atomic E-state index is 13.8. The SMILES string of the molecule is CCOC(=O)c1c2c3c(c(Nc4ccc(C)cc4S(=O)(=O)O)ccc3n(C)c1=O)C(=O)c1ccccc1-2.N. The van der Waals surface area contributed by atoms with Gasteiger partial charge in [-0.2, -0.15) is 8.42 Å². The fourth-order valence-electron chi connectivity index (χ4n) is 4.76. The standard InChI is InChI=1S/C27H22N2O7S.H3N/c1-4-36-27(32)24-21-15-7-5-6-8-16(15)25(30)22-18(11-12-19(23(21)22)29(3)26(24)31)28-17-10-9-14(2)13-20(17)37(33,34)35;/h5-13,28H,4H2,1-3H3,(H,33,34,35);1H3. The predicted molar refractivity (Wildman–Crippen MR) is 143 cm³/mol. The van der Waals surface area contributed by atoms with Crippen LogP contribution in [0.3, 0.4) is 0 Å². The molecule has 1 aromatic heterocycles. The van der Waals surface area contributed by atoms with Gasteiger partial charge in [-0.15, -0.1) is 0 Å². The minimum Gasteiger partial charge on any atom is -0.462 e. The molecule has 0 atom stereocenters. The Balaban J connectivity index is 0.00000336. The smallest absolute Gasteiger partial charge is 0.344 e. The Morgan fingerprint density at radius 3 is 2.32 bits per heavy atom. The van der Waals surface area contributed by atoms with Crippen molar-refractivity contribution in [1.82, 2.24) is 10.7 Å². The molecule has 4 aromatic rings. The molecule has 0 unspecified atom stereocenters. The highest BCUT2D eigenvalue weighted by molar-refractivity contribution is 7.86. The normalized spacial score (nSPS) is 12.1. The molecule has 0 spiro atoms. The van der Waals surface area contributed by atoms with Crippen LogP contribution in [0.15, 0.2) is 64.3 Å². The summed E-state index contributed by atoms with van der Waals surface area (Å²) < 4.78 is 40.4. The molecule has 3 aromatic carbocycles. The summed E-state index contributed by atoms with van der Waals surface area (Å²) in [6.45, 7) is 3.37. The Morgan fingerprint density at radius 1 is 1.00 bits per heavy atom. The van der Waals surface area contributed by atoms with Gasteiger partial charge in [0.05, 0.1) is 29.1 Å². The number of aromatic nitrogens is 1. The number of fused-ring (bicyclic) bond motifs is 2. The number of pyridine rings is 1. The van der Waals surface area contributed by atoms with Crippen molar-refractivity contribution in [3.63, 3.8) is 0 Å². The molecule has 1 aliphatic rings. The molecule has 0 amide bonds. The summed E-state index contributed by atoms with van der Waals surface area (Å²) in [5, 5.41) is 3.35. The summed E-state index contributed by atoms with van der Waals surface area (Å²) in [7, 11) is -3.08. The molecule has 5 rings (SSSR count). The average Bonchev–Trinajstić information content (AvgIpc) is 2.85. The molecule has 0 aliphatic heterocycles. The molecule has 1 aliphatic carbocycles. The van der Waals surface area contributed by atoms with E-state index in [2.05, 4.69) is 5.32 Å². The molecule has 38 heavy (non-hydrogen) atoms. The monoisotopic (exact) mass is 535 g/mol. The van der Waals surface area contributed by atoms with Gasteiger partial charge < -0.3 is 20.8 Å². The second kappa shape index (κ2) is 9.53. The third-order valence-corrected chi connectivity index (χ3v) is 7.29. The highest BCUT2D eigenvalue weighted by atomic mass is 32.2. The molecule has 10 nitrogen and oxygen atoms in total. The molecular formula is C27H25N3O7S. The summed E-state index contributed by atoms with van der Waals surface area (Å²) in [4.78, 5) is 39.8. The number of nitrogens with one attached hydrogen (secondary N) is 1. The first-order valence-corrected chi connectivity index (χ1v) is 12.8. The number of ketones is 1. The number of carbonyl (C=O) groups excluding carboxylic acids is 2. The third kappa shape index (κ3) is 4.06. The van der Waals surface area contributed by atoms with E-state index in [1.165, 1.54) is 23.7 Å². The average molecular weight is 536 g/mol. The van der Waals surface area contributed by atoms with Gasteiger partial charge in [0.2, 0.25) is 0 Å². The molecular weight excluding hydrogens is 510 g/mol. The Morgan fingerprint density at radius 2 is 1.66 bits per heavy atom. The Bertz CT molecular complexity index is 1830. The second-order valence-corrected chi connectivity index (χ2v) is 10.1. The van der Waals surface area contributed by atoms with Gasteiger partial charge in [0.25, 0.3) is 15.7 Å². The first-order valence-electron chi connectivity index (χ1n) is 11.4. The van der Waals surface area contributed by atoms with E-state index < -0.39 is 21.6 Å². The van der Waals surface area contributed by atoms with Gasteiger partial charge in [-0.3, -0.25) is 14.1 Å². The van der Waals surface area contributed by atoms with Crippen LogP contribution in [0.4, 0.5) is 11.4 Å². The third-order valence-electron chi connectivity index (χ3n) is 6.40. The van der Waals surface area contributed by atoms with Crippen LogP contribution in [0.1, 0.15) is 38.8 Å². The lowest BCUT2D eigenvalue weighted by Crippen LogP contribution is -2.29. The molecule has 196 valence electrons. The number of rotatable bonds is 5. The number of carbonyl (C=O) groups is 2. The van der Waals surface area contributed by atoms with Gasteiger partial charge in [-0.05, 0) is 49.2 Å². The first-order chi connectivity index (χ1) is 17.5. The van der Waals surface area contributed by atoms with E-state index in [1.807, 2.05) is 0 Å². The fourth-order valence-corrected chi connectivity index (χ4v) is 5.49. The quantitative estimate of drug-likeness (QED) is 0.218. The van der Waals surface area contributed by atoms with Crippen LogP contribution in [0, 0.1) is 6.92 Å². The summed E-state index contributed by atoms with van der Waals surface area (Å²) in [5.74, 6) is -1.18. The molecule has 11 heteroatoms. The lowest BCUT2D eigenvalue weighted by molar-refractivity contribution is 0.0524. The number of esters is 1. The summed E-state index contributed by atoms with van der Waals surface area (Å²) in [6.07, 6.45) is 0. The molecule has 0 saturated heterocycles. The number of hydrogen-bond donors (Lipinski definition) is 3. The number of hydrogen-bond acceptors (Lipinski definition) is 8. The summed E-state index contributed by atoms with van der Waals surface area (Å²) >= 11 is 0. The van der Waals surface area contributed by atoms with Gasteiger partial charge in [0.1, 0.15) is 10.5 Å². The predicted octanol–water partition coefficient (Wildman–Crippen LogP) is 4.39. The molecule has 0 bridgehead atoms. The van der Waals surface area contributed by atoms with Gasteiger partial charge >= 0.3 is 5.97 Å². The maximum absolute atomic E-state index is 13.8. The number of nitrogens with zero attached hydrogens (tertiary/aromatic N) is 1. The Kier molecular flexibility index (Phi) is 6.70. The summed E-state index contributed by atoms with van der Waals surface area (Å²) in [5.41, 5.74) is 1.73. The first kappa shape index (κ1) is 26.7. The van der Waals surface area contributed by atoms with Crippen LogP contribution in [-0.2, 0) is 21.9 Å². The number of anilines is 2. The lowest BCUT2D eigenvalue weighted by atomic mass is 9.81. The van der Waals surface area contributed by atoms with Crippen molar-refractivity contribution < 1.29 is 27.3 Å². The van der Waals surface area contributed by atoms with E-state index in [0.29, 0.717) is 22.0 Å². The van der Waals surface area contributed by atoms with Crippen molar-refractivity contribution >= 4 is 44.1 Å². The van der Waals surface area contributed by atoms with Crippen LogP contribution >= 0.6 is 0 Å². The Labute approximate surface area is 218 Å². The molecule has 0 saturated carbocycles. The highest BCUT2D eigenvalue weighted by Crippen LogP contribution is 2.44. The van der Waals surface area contributed by atoms with Crippen molar-refractivity contribution in [2.24, 2.45) is 7.05 Å². The van der Waals surface area contributed by atoms with E-state index >= 15 is 0 Å². The summed E-state index contributed by atoms with van der Waals surface area (Å²) in [6, 6.07) is 14.3. The largest absolute Gasteiger partial charge is 0.462 e. The van der Waals surface area contributed by atoms with E-state index in [-0.39, 0.29) is 57.1 Å². The molecule has 1 heterocycles. The molecule has 5 N–H and O–H groups in total. The van der Waals surface area contributed by atoms with Gasteiger partial charge in [-0.25, -0.2) is 4.79 Å². The minimum absolute atomic E-state index is 0. The zero-order valence-corrected chi connectivity index (χ0v) is 21.7. The molecule has 0 radical (unpaired) electrons. The van der Waals surface area contributed by atoms with Crippen molar-refractivity contribution in [1.29, 1.82) is 0 Å². The second-order valence-electron chi connectivity index (χ2n) is 8.69. The van der Waals surface area contributed by atoms with Gasteiger partial charge in [0, 0.05) is 23.6 Å². The highest BCUT2D eigenvalue weighted by Gasteiger charge is 2.34. The van der Waals surface area contributed by atoms with Crippen LogP contribution in [0.5, 0.6) is 0 Å². The van der Waals surface area contributed by atoms with E-state index in [4.69, 9.17) is 4.74 Å². The zero-order chi connectivity index (χ0) is 26.6. The van der Waals surface area contributed by atoms with Crippen LogP contribution < -0.4 is 17.0 Å². The number of ether oxygens (including phenoxy) is 1. The van der Waals surface area contributed by atoms with E-state index in [1.54, 1.807) is 56.3 Å². The number of aryl methyl sites for hydroxylation is 2. The minimum atomic E-state index is -4.59. The van der Waals surface area contributed by atoms with Crippen LogP contribution in [0.25, 0.3) is 22.0 Å². The van der Waals surface area contributed by atoms with Crippen molar-refractivity contribution in [3.8, 4) is 11.1 Å². The zero-order valence-electron chi connectivity index (χ0n) is 20.9. The Hall–Kier alpha value is -4.32. The van der Waals surface area contributed by atoms with Crippen molar-refractivity contribution in [2.75, 3.05) is 11.9 Å². The topological polar surface area (TPSA) is 167 Å².